The topological polar surface area (TPSA) is 58.2 Å². The molecule has 2 rings (SSSR count). The smallest absolute Gasteiger partial charge is 0.354 e. The number of alkyl halides is 3. The van der Waals surface area contributed by atoms with E-state index in [0.29, 0.717) is 5.56 Å². The predicted octanol–water partition coefficient (Wildman–Crippen LogP) is 3.40. The zero-order chi connectivity index (χ0) is 19.2. The van der Waals surface area contributed by atoms with Gasteiger partial charge in [0.2, 0.25) is 5.91 Å². The second-order valence-electron chi connectivity index (χ2n) is 5.42. The Morgan fingerprint density at radius 2 is 1.62 bits per heavy atom. The highest BCUT2D eigenvalue weighted by Gasteiger charge is 2.32. The van der Waals surface area contributed by atoms with Gasteiger partial charge in [0, 0.05) is 10.1 Å². The molecule has 2 N–H and O–H groups in total. The molecule has 0 aliphatic heterocycles. The van der Waals surface area contributed by atoms with Gasteiger partial charge in [-0.3, -0.25) is 9.59 Å². The third-order valence-electron chi connectivity index (χ3n) is 3.57. The molecule has 0 fully saturated rings. The summed E-state index contributed by atoms with van der Waals surface area (Å²) in [5.74, 6) is -0.846. The van der Waals surface area contributed by atoms with Gasteiger partial charge in [-0.05, 0) is 52.8 Å². The molecule has 0 aliphatic carbocycles. The van der Waals surface area contributed by atoms with Crippen LogP contribution in [-0.4, -0.2) is 24.9 Å². The van der Waals surface area contributed by atoms with Crippen LogP contribution in [0.2, 0.25) is 0 Å². The zero-order valence-corrected chi connectivity index (χ0v) is 15.7. The summed E-state index contributed by atoms with van der Waals surface area (Å²) >= 11 is 2.02. The molecular formula is C18H16F3IN2O2. The first-order chi connectivity index (χ1) is 12.3. The fourth-order valence-electron chi connectivity index (χ4n) is 2.32. The minimum Gasteiger partial charge on any atom is -0.354 e. The summed E-state index contributed by atoms with van der Waals surface area (Å²) in [4.78, 5) is 23.8. The van der Waals surface area contributed by atoms with E-state index < -0.39 is 17.6 Å². The number of hydrogen-bond donors (Lipinski definition) is 2. The van der Waals surface area contributed by atoms with Crippen LogP contribution in [0.4, 0.5) is 13.2 Å². The van der Waals surface area contributed by atoms with Crippen molar-refractivity contribution in [3.8, 4) is 0 Å². The largest absolute Gasteiger partial charge is 0.416 e. The fraction of sp³-hybridized carbons (Fsp3) is 0.222. The second kappa shape index (κ2) is 9.02. The lowest BCUT2D eigenvalue weighted by Gasteiger charge is -2.13. The van der Waals surface area contributed by atoms with E-state index in [9.17, 15) is 22.8 Å². The maximum absolute atomic E-state index is 12.9. The lowest BCUT2D eigenvalue weighted by molar-refractivity contribution is -0.138. The number of amides is 2. The number of carbonyl (C=O) groups excluding carboxylic acids is 2. The number of benzene rings is 2. The Balaban J connectivity index is 1.82. The van der Waals surface area contributed by atoms with E-state index in [1.807, 2.05) is 22.6 Å². The Morgan fingerprint density at radius 3 is 2.31 bits per heavy atom. The molecule has 2 aromatic rings. The molecule has 0 atom stereocenters. The van der Waals surface area contributed by atoms with Gasteiger partial charge in [-0.1, -0.05) is 30.3 Å². The van der Waals surface area contributed by atoms with Gasteiger partial charge in [-0.15, -0.1) is 0 Å². The van der Waals surface area contributed by atoms with Gasteiger partial charge in [0.1, 0.15) is 0 Å². The minimum absolute atomic E-state index is 0.0463. The summed E-state index contributed by atoms with van der Waals surface area (Å²) < 4.78 is 39.5. The molecule has 0 bridgehead atoms. The highest BCUT2D eigenvalue weighted by atomic mass is 127. The van der Waals surface area contributed by atoms with Gasteiger partial charge in [0.15, 0.2) is 0 Å². The summed E-state index contributed by atoms with van der Waals surface area (Å²) in [5.41, 5.74) is -0.135. The average Bonchev–Trinajstić information content (AvgIpc) is 2.59. The van der Waals surface area contributed by atoms with Crippen LogP contribution in [0.1, 0.15) is 21.5 Å². The van der Waals surface area contributed by atoms with Crippen molar-refractivity contribution < 1.29 is 22.8 Å². The molecule has 0 unspecified atom stereocenters. The second-order valence-corrected chi connectivity index (χ2v) is 6.58. The number of hydrogen-bond acceptors (Lipinski definition) is 2. The first kappa shape index (κ1) is 20.2. The standard InChI is InChI=1S/C18H16F3IN2O2/c19-18(20,21)14-7-3-1-5-12(14)9-10-23-16(25)11-24-17(26)13-6-2-4-8-15(13)22/h1-8H,9-11H2,(H,23,25)(H,24,26). The van der Waals surface area contributed by atoms with Crippen molar-refractivity contribution in [3.63, 3.8) is 0 Å². The number of halogens is 4. The lowest BCUT2D eigenvalue weighted by Crippen LogP contribution is -2.38. The molecule has 8 heteroatoms. The third-order valence-corrected chi connectivity index (χ3v) is 4.51. The molecule has 0 aliphatic rings. The van der Waals surface area contributed by atoms with E-state index in [4.69, 9.17) is 0 Å². The number of nitrogens with one attached hydrogen (secondary N) is 2. The molecular weight excluding hydrogens is 460 g/mol. The molecule has 2 aromatic carbocycles. The highest BCUT2D eigenvalue weighted by Crippen LogP contribution is 2.31. The Kier molecular flexibility index (Phi) is 7.01. The normalized spacial score (nSPS) is 11.1. The maximum atomic E-state index is 12.9. The van der Waals surface area contributed by atoms with Crippen LogP contribution >= 0.6 is 22.6 Å². The van der Waals surface area contributed by atoms with Crippen LogP contribution in [0.5, 0.6) is 0 Å². The quantitative estimate of drug-likeness (QED) is 0.629. The zero-order valence-electron chi connectivity index (χ0n) is 13.6. The van der Waals surface area contributed by atoms with Crippen molar-refractivity contribution in [1.29, 1.82) is 0 Å². The van der Waals surface area contributed by atoms with Crippen molar-refractivity contribution in [1.82, 2.24) is 10.6 Å². The Hall–Kier alpha value is -2.10. The van der Waals surface area contributed by atoms with Gasteiger partial charge >= 0.3 is 6.18 Å². The number of carbonyl (C=O) groups is 2. The predicted molar refractivity (Wildman–Crippen MR) is 99.6 cm³/mol. The monoisotopic (exact) mass is 476 g/mol. The first-order valence-corrected chi connectivity index (χ1v) is 8.81. The van der Waals surface area contributed by atoms with E-state index in [0.717, 1.165) is 9.64 Å². The van der Waals surface area contributed by atoms with Crippen molar-refractivity contribution in [3.05, 3.63) is 68.8 Å². The van der Waals surface area contributed by atoms with E-state index in [2.05, 4.69) is 10.6 Å². The fourth-order valence-corrected chi connectivity index (χ4v) is 2.95. The SMILES string of the molecule is O=C(CNC(=O)c1ccccc1I)NCCc1ccccc1C(F)(F)F. The van der Waals surface area contributed by atoms with E-state index in [1.54, 1.807) is 24.3 Å². The molecule has 138 valence electrons. The van der Waals surface area contributed by atoms with Crippen molar-refractivity contribution >= 4 is 34.4 Å². The first-order valence-electron chi connectivity index (χ1n) is 7.73. The van der Waals surface area contributed by atoms with Gasteiger partial charge in [0.25, 0.3) is 5.91 Å². The summed E-state index contributed by atoms with van der Waals surface area (Å²) in [6, 6.07) is 12.2. The summed E-state index contributed by atoms with van der Waals surface area (Å²) in [6.45, 7) is -0.199. The molecule has 0 heterocycles. The Labute approximate surface area is 162 Å². The van der Waals surface area contributed by atoms with E-state index >= 15 is 0 Å². The summed E-state index contributed by atoms with van der Waals surface area (Å²) in [5, 5.41) is 5.00. The van der Waals surface area contributed by atoms with Gasteiger partial charge in [0.05, 0.1) is 17.7 Å². The Bertz CT molecular complexity index is 794. The van der Waals surface area contributed by atoms with Crippen LogP contribution in [0.15, 0.2) is 48.5 Å². The lowest BCUT2D eigenvalue weighted by atomic mass is 10.0. The molecule has 26 heavy (non-hydrogen) atoms. The van der Waals surface area contributed by atoms with Crippen molar-refractivity contribution in [2.45, 2.75) is 12.6 Å². The summed E-state index contributed by atoms with van der Waals surface area (Å²) in [7, 11) is 0. The molecule has 4 nitrogen and oxygen atoms in total. The van der Waals surface area contributed by atoms with Gasteiger partial charge < -0.3 is 10.6 Å². The molecule has 0 saturated carbocycles. The maximum Gasteiger partial charge on any atom is 0.416 e. The van der Waals surface area contributed by atoms with Gasteiger partial charge in [-0.2, -0.15) is 13.2 Å². The molecule has 0 radical (unpaired) electrons. The summed E-state index contributed by atoms with van der Waals surface area (Å²) in [6.07, 6.45) is -4.38. The molecule has 2 amide bonds. The van der Waals surface area contributed by atoms with Crippen LogP contribution in [-0.2, 0) is 17.4 Å². The van der Waals surface area contributed by atoms with Crippen molar-refractivity contribution in [2.75, 3.05) is 13.1 Å². The Morgan fingerprint density at radius 1 is 0.962 bits per heavy atom. The van der Waals surface area contributed by atoms with Crippen molar-refractivity contribution in [2.24, 2.45) is 0 Å². The minimum atomic E-state index is -4.43. The average molecular weight is 476 g/mol. The number of rotatable bonds is 6. The van der Waals surface area contributed by atoms with Gasteiger partial charge in [-0.25, -0.2) is 0 Å². The molecule has 0 saturated heterocycles. The van der Waals surface area contributed by atoms with Crippen LogP contribution < -0.4 is 10.6 Å². The van der Waals surface area contributed by atoms with E-state index in [1.165, 1.54) is 18.2 Å². The third kappa shape index (κ3) is 5.72. The molecule has 0 spiro atoms. The molecule has 0 aromatic heterocycles. The van der Waals surface area contributed by atoms with Crippen LogP contribution in [0.3, 0.4) is 0 Å². The van der Waals surface area contributed by atoms with Crippen LogP contribution in [0, 0.1) is 3.57 Å². The van der Waals surface area contributed by atoms with E-state index in [-0.39, 0.29) is 31.0 Å². The van der Waals surface area contributed by atoms with Crippen LogP contribution in [0.25, 0.3) is 0 Å². The highest BCUT2D eigenvalue weighted by molar-refractivity contribution is 14.1.